The van der Waals surface area contributed by atoms with Gasteiger partial charge in [-0.3, -0.25) is 4.79 Å². The van der Waals surface area contributed by atoms with Gasteiger partial charge in [0, 0.05) is 12.8 Å². The van der Waals surface area contributed by atoms with Gasteiger partial charge >= 0.3 is 0 Å². The lowest BCUT2D eigenvalue weighted by Gasteiger charge is -2.29. The highest BCUT2D eigenvalue weighted by Crippen LogP contribution is 2.28. The number of halogens is 2. The molecule has 3 N–H and O–H groups in total. The molecule has 27 heavy (non-hydrogen) atoms. The van der Waals surface area contributed by atoms with E-state index in [4.69, 9.17) is 5.73 Å². The average molecular weight is 437 g/mol. The molecule has 3 rings (SSSR count). The molecule has 0 aliphatic heterocycles. The molecular formula is C17H26Cl2N4O3S. The molecule has 7 nitrogen and oxygen atoms in total. The van der Waals surface area contributed by atoms with E-state index in [1.54, 1.807) is 4.57 Å². The number of carbonyl (C=O) groups excluding carboxylic acids is 1. The molecule has 10 heteroatoms. The second-order valence-corrected chi connectivity index (χ2v) is 9.05. The molecule has 0 saturated heterocycles. The summed E-state index contributed by atoms with van der Waals surface area (Å²) in [5, 5.41) is 3.07. The van der Waals surface area contributed by atoms with Crippen molar-refractivity contribution in [3.8, 4) is 0 Å². The molecule has 1 heterocycles. The summed E-state index contributed by atoms with van der Waals surface area (Å²) in [6, 6.07) is 7.34. The Labute approximate surface area is 171 Å². The van der Waals surface area contributed by atoms with Gasteiger partial charge in [0.1, 0.15) is 18.1 Å². The van der Waals surface area contributed by atoms with E-state index >= 15 is 0 Å². The van der Waals surface area contributed by atoms with Gasteiger partial charge in [0.25, 0.3) is 0 Å². The normalized spacial score (nSPS) is 15.8. The van der Waals surface area contributed by atoms with Gasteiger partial charge in [0.2, 0.25) is 5.91 Å². The van der Waals surface area contributed by atoms with Crippen LogP contribution in [0.2, 0.25) is 0 Å². The predicted octanol–water partition coefficient (Wildman–Crippen LogP) is 1.81. The fourth-order valence-corrected chi connectivity index (χ4v) is 4.25. The van der Waals surface area contributed by atoms with E-state index in [1.165, 1.54) is 6.26 Å². The second kappa shape index (κ2) is 9.23. The number of fused-ring (bicyclic) bond motifs is 1. The van der Waals surface area contributed by atoms with Crippen LogP contribution in [0.4, 0.5) is 0 Å². The quantitative estimate of drug-likeness (QED) is 0.717. The van der Waals surface area contributed by atoms with Crippen molar-refractivity contribution >= 4 is 51.6 Å². The number of carbonyl (C=O) groups is 1. The number of imidazole rings is 1. The molecule has 0 bridgehead atoms. The third kappa shape index (κ3) is 5.57. The minimum absolute atomic E-state index is 0. The Morgan fingerprint density at radius 1 is 1.26 bits per heavy atom. The Kier molecular flexibility index (Phi) is 8.10. The topological polar surface area (TPSA) is 107 Å². The van der Waals surface area contributed by atoms with E-state index in [2.05, 4.69) is 10.3 Å². The monoisotopic (exact) mass is 436 g/mol. The van der Waals surface area contributed by atoms with Crippen LogP contribution < -0.4 is 11.1 Å². The number of benzene rings is 1. The molecule has 1 amide bonds. The van der Waals surface area contributed by atoms with Gasteiger partial charge in [0.05, 0.1) is 16.6 Å². The molecular weight excluding hydrogens is 411 g/mol. The van der Waals surface area contributed by atoms with Crippen molar-refractivity contribution in [1.82, 2.24) is 14.9 Å². The van der Waals surface area contributed by atoms with Gasteiger partial charge in [0.15, 0.2) is 9.84 Å². The first-order chi connectivity index (χ1) is 11.8. The van der Waals surface area contributed by atoms with E-state index in [9.17, 15) is 13.2 Å². The van der Waals surface area contributed by atoms with Crippen LogP contribution in [-0.2, 0) is 26.9 Å². The van der Waals surface area contributed by atoms with Gasteiger partial charge < -0.3 is 15.6 Å². The first-order valence-electron chi connectivity index (χ1n) is 8.45. The maximum atomic E-state index is 12.6. The van der Waals surface area contributed by atoms with Crippen LogP contribution in [0, 0.1) is 0 Å². The van der Waals surface area contributed by atoms with Crippen LogP contribution in [0.1, 0.15) is 31.5 Å². The maximum absolute atomic E-state index is 12.6. The molecule has 0 spiro atoms. The molecule has 0 radical (unpaired) electrons. The maximum Gasteiger partial charge on any atom is 0.240 e. The van der Waals surface area contributed by atoms with Crippen LogP contribution in [-0.4, -0.2) is 42.2 Å². The number of aromatic nitrogens is 2. The van der Waals surface area contributed by atoms with Crippen molar-refractivity contribution < 1.29 is 13.2 Å². The zero-order chi connectivity index (χ0) is 18.1. The fraction of sp³-hybridized carbons (Fsp3) is 0.529. The van der Waals surface area contributed by atoms with Crippen molar-refractivity contribution in [2.45, 2.75) is 43.5 Å². The lowest BCUT2D eigenvalue weighted by atomic mass is 9.98. The largest absolute Gasteiger partial charge is 0.348 e. The number of hydrogen-bond acceptors (Lipinski definition) is 5. The lowest BCUT2D eigenvalue weighted by molar-refractivity contribution is -0.123. The van der Waals surface area contributed by atoms with E-state index in [1.807, 2.05) is 24.3 Å². The second-order valence-electron chi connectivity index (χ2n) is 6.91. The molecule has 0 unspecified atom stereocenters. The third-order valence-electron chi connectivity index (χ3n) is 4.78. The van der Waals surface area contributed by atoms with E-state index in [0.29, 0.717) is 17.9 Å². The summed E-state index contributed by atoms with van der Waals surface area (Å²) in [5.74, 6) is 0.0223. The van der Waals surface area contributed by atoms with Gasteiger partial charge in [-0.2, -0.15) is 0 Å². The Hall–Kier alpha value is -1.35. The van der Waals surface area contributed by atoms with Crippen LogP contribution in [0.5, 0.6) is 0 Å². The first kappa shape index (κ1) is 23.7. The highest BCUT2D eigenvalue weighted by atomic mass is 35.5. The smallest absolute Gasteiger partial charge is 0.240 e. The summed E-state index contributed by atoms with van der Waals surface area (Å²) in [4.78, 5) is 17.0. The molecule has 2 aromatic rings. The van der Waals surface area contributed by atoms with Crippen molar-refractivity contribution in [2.75, 3.05) is 12.8 Å². The van der Waals surface area contributed by atoms with Gasteiger partial charge in [-0.05, 0) is 25.0 Å². The Morgan fingerprint density at radius 3 is 2.48 bits per heavy atom. The number of hydrogen-bond donors (Lipinski definition) is 2. The summed E-state index contributed by atoms with van der Waals surface area (Å²) >= 11 is 0. The SMILES string of the molecule is CS(=O)(=O)Cc1nc2ccccc2n1CC(=O)NC1(CN)CCCC1.Cl.Cl. The highest BCUT2D eigenvalue weighted by Gasteiger charge is 2.34. The summed E-state index contributed by atoms with van der Waals surface area (Å²) in [5.41, 5.74) is 6.99. The molecule has 1 aliphatic carbocycles. The molecule has 1 aliphatic rings. The zero-order valence-electron chi connectivity index (χ0n) is 15.2. The van der Waals surface area contributed by atoms with E-state index in [-0.39, 0.29) is 48.6 Å². The van der Waals surface area contributed by atoms with Crippen molar-refractivity contribution in [1.29, 1.82) is 0 Å². The van der Waals surface area contributed by atoms with Crippen LogP contribution >= 0.6 is 24.8 Å². The Bertz CT molecular complexity index is 893. The number of rotatable bonds is 6. The number of nitrogens with two attached hydrogens (primary N) is 1. The Morgan fingerprint density at radius 2 is 1.89 bits per heavy atom. The summed E-state index contributed by atoms with van der Waals surface area (Å²) in [7, 11) is -3.26. The molecule has 1 aromatic carbocycles. The number of nitrogens with one attached hydrogen (secondary N) is 1. The molecule has 1 saturated carbocycles. The van der Waals surface area contributed by atoms with Crippen molar-refractivity contribution in [2.24, 2.45) is 5.73 Å². The zero-order valence-corrected chi connectivity index (χ0v) is 17.6. The molecule has 0 atom stereocenters. The summed E-state index contributed by atoms with van der Waals surface area (Å²) < 4.78 is 25.1. The minimum Gasteiger partial charge on any atom is -0.348 e. The van der Waals surface area contributed by atoms with Gasteiger partial charge in [-0.15, -0.1) is 24.8 Å². The number of amides is 1. The van der Waals surface area contributed by atoms with Crippen molar-refractivity contribution in [3.05, 3.63) is 30.1 Å². The number of sulfone groups is 1. The molecule has 1 fully saturated rings. The summed E-state index contributed by atoms with van der Waals surface area (Å²) in [6.45, 7) is 0.451. The first-order valence-corrected chi connectivity index (χ1v) is 10.5. The number of para-hydroxylation sites is 2. The fourth-order valence-electron chi connectivity index (χ4n) is 3.56. The lowest BCUT2D eigenvalue weighted by Crippen LogP contribution is -2.52. The van der Waals surface area contributed by atoms with Crippen LogP contribution in [0.25, 0.3) is 11.0 Å². The third-order valence-corrected chi connectivity index (χ3v) is 5.57. The average Bonchev–Trinajstić information content (AvgIpc) is 3.12. The minimum atomic E-state index is -3.26. The predicted molar refractivity (Wildman–Crippen MR) is 111 cm³/mol. The van der Waals surface area contributed by atoms with E-state index in [0.717, 1.165) is 31.2 Å². The molecule has 1 aromatic heterocycles. The van der Waals surface area contributed by atoms with Gasteiger partial charge in [-0.25, -0.2) is 13.4 Å². The Balaban J connectivity index is 0.00000182. The number of nitrogens with zero attached hydrogens (tertiary/aromatic N) is 2. The molecule has 152 valence electrons. The van der Waals surface area contributed by atoms with Crippen molar-refractivity contribution in [3.63, 3.8) is 0 Å². The van der Waals surface area contributed by atoms with Crippen LogP contribution in [0.3, 0.4) is 0 Å². The van der Waals surface area contributed by atoms with Gasteiger partial charge in [-0.1, -0.05) is 25.0 Å². The van der Waals surface area contributed by atoms with Crippen LogP contribution in [0.15, 0.2) is 24.3 Å². The standard InChI is InChI=1S/C17H24N4O3S.2ClH/c1-25(23,24)11-15-19-13-6-2-3-7-14(13)21(15)10-16(22)20-17(12-18)8-4-5-9-17;;/h2-3,6-7H,4-5,8-12,18H2,1H3,(H,20,22);2*1H. The van der Waals surface area contributed by atoms with E-state index < -0.39 is 9.84 Å². The highest BCUT2D eigenvalue weighted by molar-refractivity contribution is 7.89. The summed E-state index contributed by atoms with van der Waals surface area (Å²) in [6.07, 6.45) is 5.06.